The van der Waals surface area contributed by atoms with Crippen LogP contribution in [-0.4, -0.2) is 17.3 Å². The second-order valence-electron chi connectivity index (χ2n) is 4.17. The predicted octanol–water partition coefficient (Wildman–Crippen LogP) is 3.36. The summed E-state index contributed by atoms with van der Waals surface area (Å²) in [4.78, 5) is 0. The maximum absolute atomic E-state index is 9.64. The van der Waals surface area contributed by atoms with E-state index in [1.165, 1.54) is 7.11 Å². The highest BCUT2D eigenvalue weighted by molar-refractivity contribution is 5.56. The molecule has 3 nitrogen and oxygen atoms in total. The first-order chi connectivity index (χ1) is 9.20. The minimum absolute atomic E-state index is 0.125. The fourth-order valence-corrected chi connectivity index (χ4v) is 1.80. The van der Waals surface area contributed by atoms with Gasteiger partial charge in [0.2, 0.25) is 0 Å². The third-order valence-corrected chi connectivity index (χ3v) is 2.84. The van der Waals surface area contributed by atoms with Crippen LogP contribution in [0.25, 0.3) is 6.08 Å². The number of ether oxygens (including phenoxy) is 1. The van der Waals surface area contributed by atoms with Crippen molar-refractivity contribution in [2.45, 2.75) is 6.42 Å². The van der Waals surface area contributed by atoms with Crippen LogP contribution in [0.2, 0.25) is 0 Å². The van der Waals surface area contributed by atoms with Gasteiger partial charge in [-0.1, -0.05) is 36.4 Å². The largest absolute Gasteiger partial charge is 0.508 e. The number of aromatic hydroxyl groups is 2. The van der Waals surface area contributed by atoms with E-state index in [1.807, 2.05) is 24.3 Å². The number of phenolic OH excluding ortho intramolecular Hbond substituents is 2. The summed E-state index contributed by atoms with van der Waals surface area (Å²) in [5, 5.41) is 19.1. The molecule has 0 spiro atoms. The lowest BCUT2D eigenvalue weighted by Crippen LogP contribution is -1.85. The molecular weight excluding hydrogens is 240 g/mol. The first-order valence-corrected chi connectivity index (χ1v) is 6.01. The Morgan fingerprint density at radius 2 is 1.84 bits per heavy atom. The molecule has 2 rings (SSSR count). The fraction of sp³-hybridized carbons (Fsp3) is 0.125. The zero-order chi connectivity index (χ0) is 13.7. The molecule has 0 unspecified atom stereocenters. The van der Waals surface area contributed by atoms with Gasteiger partial charge in [-0.15, -0.1) is 0 Å². The molecule has 0 aliphatic rings. The molecule has 0 fully saturated rings. The van der Waals surface area contributed by atoms with Crippen molar-refractivity contribution < 1.29 is 14.9 Å². The molecule has 0 saturated heterocycles. The summed E-state index contributed by atoms with van der Waals surface area (Å²) >= 11 is 0. The van der Waals surface area contributed by atoms with Gasteiger partial charge in [0, 0.05) is 0 Å². The molecule has 0 heterocycles. The molecule has 0 aliphatic carbocycles. The molecule has 2 N–H and O–H groups in total. The molecule has 3 heteroatoms. The molecule has 98 valence electrons. The minimum Gasteiger partial charge on any atom is -0.508 e. The third kappa shape index (κ3) is 3.28. The molecule has 0 amide bonds. The zero-order valence-electron chi connectivity index (χ0n) is 10.7. The van der Waals surface area contributed by atoms with Crippen LogP contribution in [-0.2, 0) is 6.42 Å². The molecule has 0 saturated carbocycles. The first kappa shape index (κ1) is 13.0. The summed E-state index contributed by atoms with van der Waals surface area (Å²) in [6, 6.07) is 12.4. The maximum atomic E-state index is 9.64. The summed E-state index contributed by atoms with van der Waals surface area (Å²) in [7, 11) is 1.52. The average molecular weight is 256 g/mol. The predicted molar refractivity (Wildman–Crippen MR) is 75.5 cm³/mol. The van der Waals surface area contributed by atoms with E-state index >= 15 is 0 Å². The van der Waals surface area contributed by atoms with Crippen LogP contribution in [0.4, 0.5) is 0 Å². The Hall–Kier alpha value is -2.42. The van der Waals surface area contributed by atoms with Gasteiger partial charge < -0.3 is 14.9 Å². The van der Waals surface area contributed by atoms with Crippen LogP contribution in [0.3, 0.4) is 0 Å². The van der Waals surface area contributed by atoms with Gasteiger partial charge in [-0.25, -0.2) is 0 Å². The van der Waals surface area contributed by atoms with Crippen LogP contribution in [0.1, 0.15) is 11.1 Å². The van der Waals surface area contributed by atoms with Crippen molar-refractivity contribution in [1.82, 2.24) is 0 Å². The van der Waals surface area contributed by atoms with Crippen molar-refractivity contribution in [2.24, 2.45) is 0 Å². The number of hydrogen-bond donors (Lipinski definition) is 2. The number of para-hydroxylation sites is 1. The molecule has 19 heavy (non-hydrogen) atoms. The van der Waals surface area contributed by atoms with Crippen molar-refractivity contribution in [3.8, 4) is 17.2 Å². The monoisotopic (exact) mass is 256 g/mol. The average Bonchev–Trinajstić information content (AvgIpc) is 2.43. The molecule has 0 atom stereocenters. The number of allylic oxidation sites excluding steroid dienone is 1. The normalized spacial score (nSPS) is 10.8. The van der Waals surface area contributed by atoms with Crippen LogP contribution in [0.5, 0.6) is 17.2 Å². The standard InChI is InChI=1S/C16H16O3/c1-19-16-11-12(9-10-15(16)18)5-4-7-13-6-2-3-8-14(13)17/h2-6,8-11,17-18H,7H2,1H3/b5-4+. The molecule has 2 aromatic rings. The van der Waals surface area contributed by atoms with Crippen LogP contribution >= 0.6 is 0 Å². The lowest BCUT2D eigenvalue weighted by molar-refractivity contribution is 0.373. The highest BCUT2D eigenvalue weighted by Crippen LogP contribution is 2.27. The second-order valence-corrected chi connectivity index (χ2v) is 4.17. The topological polar surface area (TPSA) is 49.7 Å². The summed E-state index contributed by atoms with van der Waals surface area (Å²) < 4.78 is 5.05. The molecule has 0 radical (unpaired) electrons. The highest BCUT2D eigenvalue weighted by atomic mass is 16.5. The smallest absolute Gasteiger partial charge is 0.161 e. The Labute approximate surface area is 112 Å². The van der Waals surface area contributed by atoms with Crippen LogP contribution < -0.4 is 4.74 Å². The van der Waals surface area contributed by atoms with E-state index in [0.717, 1.165) is 11.1 Å². The van der Waals surface area contributed by atoms with E-state index < -0.39 is 0 Å². The number of phenols is 2. The van der Waals surface area contributed by atoms with Gasteiger partial charge in [-0.3, -0.25) is 0 Å². The first-order valence-electron chi connectivity index (χ1n) is 6.01. The summed E-state index contributed by atoms with van der Waals surface area (Å²) in [5.41, 5.74) is 1.81. The quantitative estimate of drug-likeness (QED) is 0.881. The van der Waals surface area contributed by atoms with Crippen LogP contribution in [0, 0.1) is 0 Å². The van der Waals surface area contributed by atoms with Gasteiger partial charge in [0.15, 0.2) is 11.5 Å². The van der Waals surface area contributed by atoms with E-state index in [-0.39, 0.29) is 5.75 Å². The Balaban J connectivity index is 2.09. The lowest BCUT2D eigenvalue weighted by atomic mass is 10.1. The van der Waals surface area contributed by atoms with E-state index in [4.69, 9.17) is 4.74 Å². The molecular formula is C16H16O3. The van der Waals surface area contributed by atoms with E-state index in [0.29, 0.717) is 17.9 Å². The van der Waals surface area contributed by atoms with Crippen molar-refractivity contribution in [3.63, 3.8) is 0 Å². The maximum Gasteiger partial charge on any atom is 0.161 e. The number of hydrogen-bond acceptors (Lipinski definition) is 3. The van der Waals surface area contributed by atoms with Gasteiger partial charge in [0.25, 0.3) is 0 Å². The highest BCUT2D eigenvalue weighted by Gasteiger charge is 2.00. The van der Waals surface area contributed by atoms with E-state index in [1.54, 1.807) is 30.3 Å². The Kier molecular flexibility index (Phi) is 4.08. The van der Waals surface area contributed by atoms with Crippen LogP contribution in [0.15, 0.2) is 48.5 Å². The van der Waals surface area contributed by atoms with Gasteiger partial charge in [0.05, 0.1) is 7.11 Å². The SMILES string of the molecule is COc1cc(/C=C/Cc2ccccc2O)ccc1O. The summed E-state index contributed by atoms with van der Waals surface area (Å²) in [6.07, 6.45) is 4.53. The van der Waals surface area contributed by atoms with Crippen molar-refractivity contribution in [1.29, 1.82) is 0 Å². The van der Waals surface area contributed by atoms with Gasteiger partial charge >= 0.3 is 0 Å². The van der Waals surface area contributed by atoms with E-state index in [9.17, 15) is 10.2 Å². The Morgan fingerprint density at radius 3 is 2.58 bits per heavy atom. The fourth-order valence-electron chi connectivity index (χ4n) is 1.80. The molecule has 2 aromatic carbocycles. The van der Waals surface area contributed by atoms with Gasteiger partial charge in [-0.05, 0) is 35.7 Å². The summed E-state index contributed by atoms with van der Waals surface area (Å²) in [6.45, 7) is 0. The Morgan fingerprint density at radius 1 is 1.05 bits per heavy atom. The number of methoxy groups -OCH3 is 1. The number of rotatable bonds is 4. The van der Waals surface area contributed by atoms with Gasteiger partial charge in [0.1, 0.15) is 5.75 Å². The third-order valence-electron chi connectivity index (χ3n) is 2.84. The molecule has 0 aromatic heterocycles. The summed E-state index contributed by atoms with van der Waals surface area (Å²) in [5.74, 6) is 0.875. The van der Waals surface area contributed by atoms with Crippen molar-refractivity contribution in [3.05, 3.63) is 59.7 Å². The number of benzene rings is 2. The lowest BCUT2D eigenvalue weighted by Gasteiger charge is -2.04. The second kappa shape index (κ2) is 5.96. The minimum atomic E-state index is 0.125. The Bertz CT molecular complexity index is 588. The van der Waals surface area contributed by atoms with Gasteiger partial charge in [-0.2, -0.15) is 0 Å². The molecule has 0 bridgehead atoms. The van der Waals surface area contributed by atoms with Crippen molar-refractivity contribution >= 4 is 6.08 Å². The zero-order valence-corrected chi connectivity index (χ0v) is 10.7. The van der Waals surface area contributed by atoms with E-state index in [2.05, 4.69) is 0 Å². The molecule has 0 aliphatic heterocycles. The van der Waals surface area contributed by atoms with Crippen molar-refractivity contribution in [2.75, 3.05) is 7.11 Å².